The first-order valence-electron chi connectivity index (χ1n) is 6.90. The molecular weight excluding hydrogens is 389 g/mol. The van der Waals surface area contributed by atoms with Crippen molar-refractivity contribution in [1.29, 1.82) is 0 Å². The molecule has 8 heteroatoms. The van der Waals surface area contributed by atoms with Gasteiger partial charge in [-0.1, -0.05) is 12.2 Å². The first-order chi connectivity index (χ1) is 10.5. The smallest absolute Gasteiger partial charge is 0.300 e. The van der Waals surface area contributed by atoms with Crippen LogP contribution in [0.1, 0.15) is 25.7 Å². The summed E-state index contributed by atoms with van der Waals surface area (Å²) < 4.78 is 23.6. The Hall–Kier alpha value is 0.790. The Labute approximate surface area is 153 Å². The third kappa shape index (κ3) is 7.57. The van der Waals surface area contributed by atoms with Crippen LogP contribution in [0.4, 0.5) is 0 Å². The third-order valence-corrected chi connectivity index (χ3v) is 5.29. The van der Waals surface area contributed by atoms with E-state index in [1.165, 1.54) is 0 Å². The fourth-order valence-corrected chi connectivity index (χ4v) is 4.50. The highest BCUT2D eigenvalue weighted by Gasteiger charge is 2.34. The molecule has 0 rings (SSSR count). The second kappa shape index (κ2) is 12.2. The number of hydrogen-bond donors (Lipinski definition) is 0. The Morgan fingerprint density at radius 3 is 1.23 bits per heavy atom. The van der Waals surface area contributed by atoms with Crippen molar-refractivity contribution in [2.24, 2.45) is 0 Å². The molecule has 0 aromatic rings. The highest BCUT2D eigenvalue weighted by Crippen LogP contribution is 2.42. The maximum Gasteiger partial charge on any atom is 0.320 e. The molecule has 130 valence electrons. The zero-order valence-corrected chi connectivity index (χ0v) is 16.5. The fourth-order valence-electron chi connectivity index (χ4n) is 1.94. The van der Waals surface area contributed by atoms with Gasteiger partial charge >= 0.3 is 8.25 Å². The van der Waals surface area contributed by atoms with E-state index in [0.717, 1.165) is 0 Å². The van der Waals surface area contributed by atoms with E-state index >= 15 is 0 Å². The second-order valence-corrected chi connectivity index (χ2v) is 7.17. The molecule has 0 aromatic carbocycles. The van der Waals surface area contributed by atoms with Gasteiger partial charge in [-0.25, -0.2) is 0 Å². The molecule has 0 amide bonds. The SMILES string of the molecule is C=CC(CCCl)(CCCl)O[PH](=O)OC(C=C)(CCCl)CCCl. The lowest BCUT2D eigenvalue weighted by atomic mass is 9.98. The summed E-state index contributed by atoms with van der Waals surface area (Å²) in [5, 5.41) is 0. The van der Waals surface area contributed by atoms with E-state index < -0.39 is 19.5 Å². The second-order valence-electron chi connectivity index (χ2n) is 4.75. The minimum Gasteiger partial charge on any atom is -0.300 e. The molecule has 0 unspecified atom stereocenters. The van der Waals surface area contributed by atoms with Crippen LogP contribution < -0.4 is 0 Å². The largest absolute Gasteiger partial charge is 0.320 e. The van der Waals surface area contributed by atoms with Crippen LogP contribution in [0.3, 0.4) is 0 Å². The number of alkyl halides is 4. The predicted molar refractivity (Wildman–Crippen MR) is 98.4 cm³/mol. The molecule has 0 saturated heterocycles. The summed E-state index contributed by atoms with van der Waals surface area (Å²) in [6, 6.07) is 0. The number of hydrogen-bond acceptors (Lipinski definition) is 3. The van der Waals surface area contributed by atoms with Crippen molar-refractivity contribution in [2.75, 3.05) is 23.5 Å². The first kappa shape index (κ1) is 22.8. The summed E-state index contributed by atoms with van der Waals surface area (Å²) in [4.78, 5) is 0. The van der Waals surface area contributed by atoms with Crippen LogP contribution in [-0.4, -0.2) is 34.7 Å². The van der Waals surface area contributed by atoms with Crippen LogP contribution >= 0.6 is 54.7 Å². The van der Waals surface area contributed by atoms with Gasteiger partial charge in [0.05, 0.1) is 11.2 Å². The molecule has 0 spiro atoms. The van der Waals surface area contributed by atoms with E-state index in [1.54, 1.807) is 12.2 Å². The summed E-state index contributed by atoms with van der Waals surface area (Å²) in [6.45, 7) is 7.46. The number of rotatable bonds is 14. The highest BCUT2D eigenvalue weighted by atomic mass is 35.5. The lowest BCUT2D eigenvalue weighted by Crippen LogP contribution is -2.32. The molecular formula is C14H23Cl4O3P. The van der Waals surface area contributed by atoms with E-state index in [4.69, 9.17) is 55.5 Å². The van der Waals surface area contributed by atoms with Crippen molar-refractivity contribution in [3.05, 3.63) is 25.3 Å². The summed E-state index contributed by atoms with van der Waals surface area (Å²) in [7, 11) is -2.84. The molecule has 0 radical (unpaired) electrons. The van der Waals surface area contributed by atoms with Gasteiger partial charge < -0.3 is 0 Å². The van der Waals surface area contributed by atoms with Crippen molar-refractivity contribution < 1.29 is 13.6 Å². The molecule has 0 aliphatic carbocycles. The van der Waals surface area contributed by atoms with Crippen LogP contribution in [0.25, 0.3) is 0 Å². The summed E-state index contributed by atoms with van der Waals surface area (Å²) in [6.07, 6.45) is 4.91. The van der Waals surface area contributed by atoms with Crippen molar-refractivity contribution in [3.63, 3.8) is 0 Å². The normalized spacial score (nSPS) is 12.6. The summed E-state index contributed by atoms with van der Waals surface area (Å²) in [5.74, 6) is 1.31. The van der Waals surface area contributed by atoms with E-state index in [0.29, 0.717) is 49.2 Å². The highest BCUT2D eigenvalue weighted by molar-refractivity contribution is 7.33. The third-order valence-electron chi connectivity index (χ3n) is 3.39. The van der Waals surface area contributed by atoms with Gasteiger partial charge in [-0.05, 0) is 25.7 Å². The van der Waals surface area contributed by atoms with Crippen molar-refractivity contribution in [2.45, 2.75) is 36.9 Å². The molecule has 0 saturated carbocycles. The van der Waals surface area contributed by atoms with E-state index in [-0.39, 0.29) is 0 Å². The van der Waals surface area contributed by atoms with Crippen LogP contribution in [0, 0.1) is 0 Å². The summed E-state index contributed by atoms with van der Waals surface area (Å²) >= 11 is 23.2. The lowest BCUT2D eigenvalue weighted by molar-refractivity contribution is 0.0497. The monoisotopic (exact) mass is 410 g/mol. The Morgan fingerprint density at radius 1 is 0.773 bits per heavy atom. The Bertz CT molecular complexity index is 322. The van der Waals surface area contributed by atoms with Crippen LogP contribution in [0.5, 0.6) is 0 Å². The minimum absolute atomic E-state index is 0.327. The van der Waals surface area contributed by atoms with Crippen LogP contribution in [0.2, 0.25) is 0 Å². The van der Waals surface area contributed by atoms with Gasteiger partial charge in [0.25, 0.3) is 0 Å². The fraction of sp³-hybridized carbons (Fsp3) is 0.714. The Morgan fingerprint density at radius 2 is 1.05 bits per heavy atom. The average molecular weight is 412 g/mol. The van der Waals surface area contributed by atoms with Gasteiger partial charge in [0, 0.05) is 23.5 Å². The molecule has 0 aliphatic heterocycles. The molecule has 22 heavy (non-hydrogen) atoms. The minimum atomic E-state index is -2.84. The maximum atomic E-state index is 12.4. The van der Waals surface area contributed by atoms with E-state index in [2.05, 4.69) is 13.2 Å². The zero-order valence-electron chi connectivity index (χ0n) is 12.5. The van der Waals surface area contributed by atoms with Gasteiger partial charge in [-0.2, -0.15) is 0 Å². The topological polar surface area (TPSA) is 35.5 Å². The molecule has 0 fully saturated rings. The van der Waals surface area contributed by atoms with Gasteiger partial charge in [0.15, 0.2) is 0 Å². The van der Waals surface area contributed by atoms with Gasteiger partial charge in [-0.3, -0.25) is 13.6 Å². The van der Waals surface area contributed by atoms with E-state index in [1.807, 2.05) is 0 Å². The maximum absolute atomic E-state index is 12.4. The van der Waals surface area contributed by atoms with Crippen LogP contribution in [0.15, 0.2) is 25.3 Å². The van der Waals surface area contributed by atoms with E-state index in [9.17, 15) is 4.57 Å². The molecule has 3 nitrogen and oxygen atoms in total. The van der Waals surface area contributed by atoms with Gasteiger partial charge in [0.2, 0.25) is 0 Å². The van der Waals surface area contributed by atoms with Crippen molar-refractivity contribution in [1.82, 2.24) is 0 Å². The zero-order chi connectivity index (χ0) is 17.1. The van der Waals surface area contributed by atoms with Gasteiger partial charge in [-0.15, -0.1) is 59.6 Å². The predicted octanol–water partition coefficient (Wildman–Crippen LogP) is 5.77. The van der Waals surface area contributed by atoms with Crippen molar-refractivity contribution >= 4 is 54.7 Å². The Kier molecular flexibility index (Phi) is 12.6. The molecule has 0 aliphatic rings. The standard InChI is InChI=1S/C14H23Cl4O3P/c1-3-13(5-9-15,6-10-16)20-22(19)21-14(4-2,7-11-17)8-12-18/h3-4,22H,1-2,5-12H2. The first-order valence-corrected chi connectivity index (χ1v) is 10.3. The average Bonchev–Trinajstić information content (AvgIpc) is 2.47. The lowest BCUT2D eigenvalue weighted by Gasteiger charge is -2.33. The molecule has 0 heterocycles. The molecule has 0 atom stereocenters. The Balaban J connectivity index is 5.05. The molecule has 0 aromatic heterocycles. The van der Waals surface area contributed by atoms with Gasteiger partial charge in [0.1, 0.15) is 0 Å². The van der Waals surface area contributed by atoms with Crippen molar-refractivity contribution in [3.8, 4) is 0 Å². The van der Waals surface area contributed by atoms with Crippen LogP contribution in [-0.2, 0) is 13.6 Å². The number of halogens is 4. The molecule has 0 N–H and O–H groups in total. The summed E-state index contributed by atoms with van der Waals surface area (Å²) in [5.41, 5.74) is -1.73. The molecule has 0 bridgehead atoms. The quantitative estimate of drug-likeness (QED) is 0.206.